The average Bonchev–Trinajstić information content (AvgIpc) is 2.66. The van der Waals surface area contributed by atoms with Gasteiger partial charge in [-0.1, -0.05) is 29.8 Å². The molecule has 3 rings (SSSR count). The summed E-state index contributed by atoms with van der Waals surface area (Å²) in [5.74, 6) is -0.465. The van der Waals surface area contributed by atoms with Crippen molar-refractivity contribution in [1.82, 2.24) is 0 Å². The number of fused-ring (bicyclic) bond motifs is 1. The molecule has 0 bridgehead atoms. The fourth-order valence-electron chi connectivity index (χ4n) is 2.89. The lowest BCUT2D eigenvalue weighted by Crippen LogP contribution is -2.40. The van der Waals surface area contributed by atoms with Crippen LogP contribution in [0.2, 0.25) is 5.02 Å². The molecule has 1 aliphatic heterocycles. The molecule has 5 nitrogen and oxygen atoms in total. The average molecular weight is 374 g/mol. The van der Waals surface area contributed by atoms with E-state index in [0.717, 1.165) is 17.0 Å². The largest absolute Gasteiger partial charge is 0.492 e. The maximum atomic E-state index is 12.5. The van der Waals surface area contributed by atoms with Gasteiger partial charge in [0.2, 0.25) is 0 Å². The summed E-state index contributed by atoms with van der Waals surface area (Å²) >= 11 is 6.00. The van der Waals surface area contributed by atoms with Crippen molar-refractivity contribution >= 4 is 29.2 Å². The van der Waals surface area contributed by atoms with Crippen molar-refractivity contribution in [3.05, 3.63) is 59.1 Å². The summed E-state index contributed by atoms with van der Waals surface area (Å²) in [6.07, 6.45) is -0.405. The number of likely N-dealkylation sites (N-methyl/N-ethyl adjacent to an activating group) is 1. The van der Waals surface area contributed by atoms with Crippen molar-refractivity contribution in [2.24, 2.45) is 5.92 Å². The molecule has 0 saturated carbocycles. The van der Waals surface area contributed by atoms with Gasteiger partial charge in [-0.2, -0.15) is 0 Å². The minimum Gasteiger partial charge on any atom is -0.492 e. The summed E-state index contributed by atoms with van der Waals surface area (Å²) in [5, 5.41) is 0.592. The lowest BCUT2D eigenvalue weighted by Gasteiger charge is -2.26. The Labute approximate surface area is 157 Å². The SMILES string of the molecule is C[C@@H](OC(=O)[C@@H]1COc2ccc(Cl)cc2C1)C(=O)N(C)c1ccccc1. The Morgan fingerprint density at radius 1 is 1.23 bits per heavy atom. The predicted molar refractivity (Wildman–Crippen MR) is 99.5 cm³/mol. The maximum absolute atomic E-state index is 12.5. The van der Waals surface area contributed by atoms with Crippen LogP contribution in [0.4, 0.5) is 5.69 Å². The van der Waals surface area contributed by atoms with E-state index in [1.54, 1.807) is 32.2 Å². The van der Waals surface area contributed by atoms with Crippen LogP contribution in [0.3, 0.4) is 0 Å². The number of ether oxygens (including phenoxy) is 2. The third-order valence-corrected chi connectivity index (χ3v) is 4.61. The van der Waals surface area contributed by atoms with E-state index in [9.17, 15) is 9.59 Å². The van der Waals surface area contributed by atoms with Crippen LogP contribution in [0.25, 0.3) is 0 Å². The van der Waals surface area contributed by atoms with Gasteiger partial charge in [-0.25, -0.2) is 0 Å². The van der Waals surface area contributed by atoms with Crippen LogP contribution in [0.1, 0.15) is 12.5 Å². The summed E-state index contributed by atoms with van der Waals surface area (Å²) in [4.78, 5) is 26.4. The van der Waals surface area contributed by atoms with E-state index in [1.807, 2.05) is 30.3 Å². The first-order chi connectivity index (χ1) is 12.5. The lowest BCUT2D eigenvalue weighted by molar-refractivity contribution is -0.159. The summed E-state index contributed by atoms with van der Waals surface area (Å²) in [6.45, 7) is 1.80. The number of hydrogen-bond donors (Lipinski definition) is 0. The Balaban J connectivity index is 1.62. The van der Waals surface area contributed by atoms with Gasteiger partial charge in [0.15, 0.2) is 6.10 Å². The van der Waals surface area contributed by atoms with Gasteiger partial charge >= 0.3 is 5.97 Å². The minimum atomic E-state index is -0.881. The molecular formula is C20H20ClNO4. The fourth-order valence-corrected chi connectivity index (χ4v) is 3.08. The lowest BCUT2D eigenvalue weighted by atomic mass is 9.97. The van der Waals surface area contributed by atoms with Crippen LogP contribution >= 0.6 is 11.6 Å². The number of hydrogen-bond acceptors (Lipinski definition) is 4. The highest BCUT2D eigenvalue weighted by molar-refractivity contribution is 6.30. The number of anilines is 1. The van der Waals surface area contributed by atoms with E-state index in [-0.39, 0.29) is 12.5 Å². The normalized spacial score (nSPS) is 16.8. The van der Waals surface area contributed by atoms with E-state index < -0.39 is 18.0 Å². The monoisotopic (exact) mass is 373 g/mol. The molecule has 6 heteroatoms. The van der Waals surface area contributed by atoms with E-state index in [1.165, 1.54) is 4.90 Å². The van der Waals surface area contributed by atoms with E-state index in [4.69, 9.17) is 21.1 Å². The molecule has 1 heterocycles. The predicted octanol–water partition coefficient (Wildman–Crippen LogP) is 3.49. The van der Waals surface area contributed by atoms with Crippen molar-refractivity contribution in [1.29, 1.82) is 0 Å². The first-order valence-electron chi connectivity index (χ1n) is 8.40. The second kappa shape index (κ2) is 7.79. The van der Waals surface area contributed by atoms with E-state index in [2.05, 4.69) is 0 Å². The summed E-state index contributed by atoms with van der Waals surface area (Å²) in [6, 6.07) is 14.5. The standard InChI is InChI=1S/C20H20ClNO4/c1-13(19(23)22(2)17-6-4-3-5-7-17)26-20(24)15-10-14-11-16(21)8-9-18(14)25-12-15/h3-9,11,13,15H,10,12H2,1-2H3/t13-,15+/m1/s1. The minimum absolute atomic E-state index is 0.225. The number of para-hydroxylation sites is 1. The zero-order valence-corrected chi connectivity index (χ0v) is 15.4. The molecule has 2 atom stereocenters. The third kappa shape index (κ3) is 3.99. The Morgan fingerprint density at radius 3 is 2.69 bits per heavy atom. The Morgan fingerprint density at radius 2 is 1.96 bits per heavy atom. The quantitative estimate of drug-likeness (QED) is 0.770. The smallest absolute Gasteiger partial charge is 0.313 e. The summed E-state index contributed by atoms with van der Waals surface area (Å²) in [7, 11) is 1.66. The van der Waals surface area contributed by atoms with Gasteiger partial charge < -0.3 is 14.4 Å². The number of nitrogens with zero attached hydrogens (tertiary/aromatic N) is 1. The number of esters is 1. The van der Waals surface area contributed by atoms with Crippen molar-refractivity contribution in [2.75, 3.05) is 18.6 Å². The maximum Gasteiger partial charge on any atom is 0.313 e. The van der Waals surface area contributed by atoms with Crippen molar-refractivity contribution in [2.45, 2.75) is 19.4 Å². The molecular weight excluding hydrogens is 354 g/mol. The second-order valence-electron chi connectivity index (χ2n) is 6.28. The molecule has 0 aliphatic carbocycles. The van der Waals surface area contributed by atoms with E-state index >= 15 is 0 Å². The Bertz CT molecular complexity index is 809. The molecule has 2 aromatic rings. The van der Waals surface area contributed by atoms with Crippen molar-refractivity contribution < 1.29 is 19.1 Å². The zero-order valence-electron chi connectivity index (χ0n) is 14.6. The first-order valence-corrected chi connectivity index (χ1v) is 8.78. The zero-order chi connectivity index (χ0) is 18.7. The molecule has 2 aromatic carbocycles. The molecule has 0 saturated heterocycles. The molecule has 136 valence electrons. The molecule has 0 fully saturated rings. The van der Waals surface area contributed by atoms with Crippen LogP contribution in [0.5, 0.6) is 5.75 Å². The number of carbonyl (C=O) groups is 2. The van der Waals surface area contributed by atoms with Gasteiger partial charge in [0.25, 0.3) is 5.91 Å². The first kappa shape index (κ1) is 18.3. The van der Waals surface area contributed by atoms with Gasteiger partial charge in [-0.05, 0) is 49.2 Å². The second-order valence-corrected chi connectivity index (χ2v) is 6.71. The van der Waals surface area contributed by atoms with Gasteiger partial charge in [0, 0.05) is 17.8 Å². The molecule has 0 radical (unpaired) electrons. The highest BCUT2D eigenvalue weighted by Crippen LogP contribution is 2.30. The van der Waals surface area contributed by atoms with Gasteiger partial charge in [0.1, 0.15) is 12.4 Å². The summed E-state index contributed by atoms with van der Waals surface area (Å²) in [5.41, 5.74) is 1.61. The molecule has 1 amide bonds. The Hall–Kier alpha value is -2.53. The van der Waals surface area contributed by atoms with Crippen molar-refractivity contribution in [3.63, 3.8) is 0 Å². The number of rotatable bonds is 4. The number of benzene rings is 2. The molecule has 1 aliphatic rings. The molecule has 0 unspecified atom stereocenters. The highest BCUT2D eigenvalue weighted by atomic mass is 35.5. The number of halogens is 1. The summed E-state index contributed by atoms with van der Waals surface area (Å²) < 4.78 is 11.0. The Kier molecular flexibility index (Phi) is 5.47. The number of amides is 1. The molecule has 0 spiro atoms. The molecule has 0 aromatic heterocycles. The fraction of sp³-hybridized carbons (Fsp3) is 0.300. The van der Waals surface area contributed by atoms with Crippen LogP contribution in [-0.4, -0.2) is 31.6 Å². The van der Waals surface area contributed by atoms with Gasteiger partial charge in [-0.3, -0.25) is 9.59 Å². The molecule has 26 heavy (non-hydrogen) atoms. The van der Waals surface area contributed by atoms with E-state index in [0.29, 0.717) is 11.4 Å². The van der Waals surface area contributed by atoms with Gasteiger partial charge in [0.05, 0.1) is 5.92 Å². The van der Waals surface area contributed by atoms with Crippen LogP contribution in [0.15, 0.2) is 48.5 Å². The van der Waals surface area contributed by atoms with Crippen LogP contribution in [0, 0.1) is 5.92 Å². The topological polar surface area (TPSA) is 55.8 Å². The molecule has 0 N–H and O–H groups in total. The van der Waals surface area contributed by atoms with Crippen molar-refractivity contribution in [3.8, 4) is 5.75 Å². The van der Waals surface area contributed by atoms with Crippen LogP contribution in [-0.2, 0) is 20.7 Å². The third-order valence-electron chi connectivity index (χ3n) is 4.38. The number of carbonyl (C=O) groups excluding carboxylic acids is 2. The van der Waals surface area contributed by atoms with Gasteiger partial charge in [-0.15, -0.1) is 0 Å². The highest BCUT2D eigenvalue weighted by Gasteiger charge is 2.31. The van der Waals surface area contributed by atoms with Crippen LogP contribution < -0.4 is 9.64 Å².